The van der Waals surface area contributed by atoms with E-state index in [2.05, 4.69) is 13.2 Å². The molecule has 0 saturated carbocycles. The summed E-state index contributed by atoms with van der Waals surface area (Å²) in [6.07, 6.45) is 0. The molecule has 0 saturated heterocycles. The number of hydrogen-bond donors (Lipinski definition) is 1. The summed E-state index contributed by atoms with van der Waals surface area (Å²) in [4.78, 5) is 2.67. The van der Waals surface area contributed by atoms with Crippen LogP contribution in [0.3, 0.4) is 0 Å². The Morgan fingerprint density at radius 1 is 1.36 bits per heavy atom. The molecule has 0 spiro atoms. The molecule has 4 nitrogen and oxygen atoms in total. The van der Waals surface area contributed by atoms with Crippen LogP contribution < -0.4 is 4.23 Å². The van der Waals surface area contributed by atoms with Crippen molar-refractivity contribution >= 4 is 21.9 Å². The molecule has 1 N–H and O–H groups in total. The number of benzene rings is 1. The molecular formula is C6H7AsN4. The molecule has 0 heterocycles. The third-order valence-electron chi connectivity index (χ3n) is 1.07. The Balaban J connectivity index is 2.45. The van der Waals surface area contributed by atoms with Crippen molar-refractivity contribution in [1.29, 1.82) is 0 Å². The number of anilines is 1. The Morgan fingerprint density at radius 3 is 2.73 bits per heavy atom. The van der Waals surface area contributed by atoms with Crippen LogP contribution in [0, 0.1) is 0 Å². The third-order valence-corrected chi connectivity index (χ3v) is 2.31. The second-order valence-electron chi connectivity index (χ2n) is 1.79. The van der Waals surface area contributed by atoms with Gasteiger partial charge in [-0.1, -0.05) is 0 Å². The van der Waals surface area contributed by atoms with Crippen molar-refractivity contribution < 1.29 is 0 Å². The van der Waals surface area contributed by atoms with E-state index in [1.54, 1.807) is 0 Å². The molecular weight excluding hydrogens is 203 g/mol. The van der Waals surface area contributed by atoms with Crippen LogP contribution in [0.15, 0.2) is 34.4 Å². The van der Waals surface area contributed by atoms with E-state index >= 15 is 0 Å². The number of para-hydroxylation sites is 1. The molecule has 1 aromatic carbocycles. The van der Waals surface area contributed by atoms with Gasteiger partial charge in [-0.25, -0.2) is 0 Å². The second kappa shape index (κ2) is 4.67. The van der Waals surface area contributed by atoms with Crippen molar-refractivity contribution in [2.45, 2.75) is 0 Å². The molecule has 0 aliphatic heterocycles. The van der Waals surface area contributed by atoms with E-state index in [1.807, 2.05) is 30.3 Å². The van der Waals surface area contributed by atoms with Gasteiger partial charge in [0.05, 0.1) is 0 Å². The molecule has 0 amide bonds. The first-order valence-corrected chi connectivity index (χ1v) is 5.02. The van der Waals surface area contributed by atoms with Crippen LogP contribution in [0.1, 0.15) is 0 Å². The van der Waals surface area contributed by atoms with Gasteiger partial charge in [0.2, 0.25) is 0 Å². The number of rotatable bonds is 3. The van der Waals surface area contributed by atoms with Crippen molar-refractivity contribution in [2.75, 3.05) is 4.23 Å². The number of hydrogen-bond acceptors (Lipinski definition) is 2. The number of nitrogens with one attached hydrogen (secondary N) is 1. The zero-order chi connectivity index (χ0) is 7.94. The van der Waals surface area contributed by atoms with Crippen molar-refractivity contribution in [3.63, 3.8) is 0 Å². The van der Waals surface area contributed by atoms with Gasteiger partial charge in [0.25, 0.3) is 0 Å². The van der Waals surface area contributed by atoms with Gasteiger partial charge in [-0.15, -0.1) is 0 Å². The average Bonchev–Trinajstić information content (AvgIpc) is 2.07. The number of nitrogens with zero attached hydrogens (tertiary/aromatic N) is 3. The first-order chi connectivity index (χ1) is 5.43. The first kappa shape index (κ1) is 7.99. The third kappa shape index (κ3) is 2.98. The predicted molar refractivity (Wildman–Crippen MR) is 46.4 cm³/mol. The van der Waals surface area contributed by atoms with Crippen LogP contribution in [-0.2, 0) is 0 Å². The molecule has 0 radical (unpaired) electrons. The Kier molecular flexibility index (Phi) is 3.39. The minimum atomic E-state index is -0.717. The molecule has 0 bridgehead atoms. The maximum absolute atomic E-state index is 7.99. The minimum absolute atomic E-state index is 0.717. The zero-order valence-corrected chi connectivity index (χ0v) is 7.83. The van der Waals surface area contributed by atoms with Gasteiger partial charge in [0, 0.05) is 0 Å². The van der Waals surface area contributed by atoms with Crippen LogP contribution in [-0.4, -0.2) is 16.2 Å². The van der Waals surface area contributed by atoms with Crippen LogP contribution >= 0.6 is 0 Å². The summed E-state index contributed by atoms with van der Waals surface area (Å²) in [6, 6.07) is 9.70. The van der Waals surface area contributed by atoms with Gasteiger partial charge >= 0.3 is 70.9 Å². The summed E-state index contributed by atoms with van der Waals surface area (Å²) in [5.74, 6) is 0. The molecule has 5 heteroatoms. The van der Waals surface area contributed by atoms with Crippen LogP contribution in [0.2, 0.25) is 0 Å². The van der Waals surface area contributed by atoms with E-state index in [0.29, 0.717) is 0 Å². The van der Waals surface area contributed by atoms with Gasteiger partial charge in [-0.05, 0) is 0 Å². The first-order valence-electron chi connectivity index (χ1n) is 3.03. The fourth-order valence-corrected chi connectivity index (χ4v) is 1.45. The summed E-state index contributed by atoms with van der Waals surface area (Å²) in [5, 5.41) is 0. The molecule has 0 aliphatic carbocycles. The number of azide groups is 1. The summed E-state index contributed by atoms with van der Waals surface area (Å²) < 4.78 is 6.51. The van der Waals surface area contributed by atoms with Gasteiger partial charge in [0.15, 0.2) is 0 Å². The van der Waals surface area contributed by atoms with E-state index < -0.39 is 16.2 Å². The van der Waals surface area contributed by atoms with Crippen molar-refractivity contribution in [3.8, 4) is 0 Å². The van der Waals surface area contributed by atoms with Gasteiger partial charge < -0.3 is 0 Å². The fraction of sp³-hybridized carbons (Fsp3) is 0. The van der Waals surface area contributed by atoms with Crippen LogP contribution in [0.25, 0.3) is 10.4 Å². The van der Waals surface area contributed by atoms with Gasteiger partial charge in [0.1, 0.15) is 0 Å². The summed E-state index contributed by atoms with van der Waals surface area (Å²) in [5.41, 5.74) is 9.01. The average molecular weight is 210 g/mol. The molecule has 1 atom stereocenters. The zero-order valence-electron chi connectivity index (χ0n) is 5.73. The Labute approximate surface area is 71.4 Å². The van der Waals surface area contributed by atoms with Crippen LogP contribution in [0.4, 0.5) is 5.69 Å². The predicted octanol–water partition coefficient (Wildman–Crippen LogP) is 1.68. The fourth-order valence-electron chi connectivity index (χ4n) is 0.633. The van der Waals surface area contributed by atoms with E-state index in [9.17, 15) is 0 Å². The molecule has 11 heavy (non-hydrogen) atoms. The molecule has 0 aromatic heterocycles. The van der Waals surface area contributed by atoms with E-state index in [0.717, 1.165) is 5.69 Å². The molecule has 1 unspecified atom stereocenters. The van der Waals surface area contributed by atoms with E-state index in [-0.39, 0.29) is 0 Å². The van der Waals surface area contributed by atoms with Crippen molar-refractivity contribution in [2.24, 2.45) is 4.03 Å². The monoisotopic (exact) mass is 210 g/mol. The molecule has 0 fully saturated rings. The van der Waals surface area contributed by atoms with Gasteiger partial charge in [-0.3, -0.25) is 0 Å². The maximum atomic E-state index is 7.99. The van der Waals surface area contributed by atoms with E-state index in [4.69, 9.17) is 5.53 Å². The Morgan fingerprint density at radius 2 is 2.09 bits per heavy atom. The standard InChI is InChI=1S/C6H7AsN4/c8-11-10-7-9-6-4-2-1-3-5-6/h1-5,7,9H. The quantitative estimate of drug-likeness (QED) is 0.350. The summed E-state index contributed by atoms with van der Waals surface area (Å²) in [6.45, 7) is 0. The Hall–Kier alpha value is -1.11. The molecule has 1 aromatic rings. The molecule has 56 valence electrons. The molecule has 1 rings (SSSR count). The molecule has 0 aliphatic rings. The van der Waals surface area contributed by atoms with Crippen LogP contribution in [0.5, 0.6) is 0 Å². The van der Waals surface area contributed by atoms with Gasteiger partial charge in [-0.2, -0.15) is 0 Å². The van der Waals surface area contributed by atoms with Crippen molar-refractivity contribution in [3.05, 3.63) is 40.8 Å². The second-order valence-corrected chi connectivity index (χ2v) is 3.21. The topological polar surface area (TPSA) is 60.8 Å². The van der Waals surface area contributed by atoms with Crippen molar-refractivity contribution in [1.82, 2.24) is 0 Å². The van der Waals surface area contributed by atoms with E-state index in [1.165, 1.54) is 0 Å². The summed E-state index contributed by atoms with van der Waals surface area (Å²) >= 11 is -0.717. The summed E-state index contributed by atoms with van der Waals surface area (Å²) in [7, 11) is 0. The normalized spacial score (nSPS) is 9.45. The SMILES string of the molecule is [N-]=[N+]=N[AsH]Nc1ccccc1. The Bertz CT molecular complexity index is 255.